The number of methoxy groups -OCH3 is 1. The molecule has 1 aliphatic carbocycles. The van der Waals surface area contributed by atoms with Crippen molar-refractivity contribution in [2.75, 3.05) is 32.1 Å². The standard InChI is InChI=1S/C26H32N4O3/c1-33-23-12-10-22(11-13-23)28-14-15-29-26(32)24(20-7-3-2-4-8-20)18-30-25(31)21-9-5-6-19(16-21)17-27/h5-6,9-13,16,20,24,28H,2-4,7-8,14-15,18H2,1H3,(H,29,32)(H,30,31). The van der Waals surface area contributed by atoms with E-state index in [4.69, 9.17) is 10.00 Å². The number of benzene rings is 2. The van der Waals surface area contributed by atoms with Gasteiger partial charge in [-0.2, -0.15) is 5.26 Å². The Morgan fingerprint density at radius 1 is 1.06 bits per heavy atom. The molecule has 174 valence electrons. The van der Waals surface area contributed by atoms with Crippen LogP contribution in [0, 0.1) is 23.2 Å². The third kappa shape index (κ3) is 7.25. The molecule has 1 aliphatic rings. The molecule has 0 aromatic heterocycles. The number of carbonyl (C=O) groups is 2. The van der Waals surface area contributed by atoms with Gasteiger partial charge in [-0.3, -0.25) is 9.59 Å². The van der Waals surface area contributed by atoms with Crippen LogP contribution >= 0.6 is 0 Å². The highest BCUT2D eigenvalue weighted by Crippen LogP contribution is 2.30. The zero-order chi connectivity index (χ0) is 23.5. The lowest BCUT2D eigenvalue weighted by Gasteiger charge is -2.29. The molecule has 0 spiro atoms. The summed E-state index contributed by atoms with van der Waals surface area (Å²) in [6.07, 6.45) is 5.44. The smallest absolute Gasteiger partial charge is 0.251 e. The van der Waals surface area contributed by atoms with Crippen LogP contribution in [-0.4, -0.2) is 38.6 Å². The fraction of sp³-hybridized carbons (Fsp3) is 0.423. The maximum atomic E-state index is 13.0. The fourth-order valence-corrected chi connectivity index (χ4v) is 4.28. The summed E-state index contributed by atoms with van der Waals surface area (Å²) < 4.78 is 5.16. The van der Waals surface area contributed by atoms with E-state index in [9.17, 15) is 9.59 Å². The normalized spacial score (nSPS) is 14.5. The van der Waals surface area contributed by atoms with Gasteiger partial charge in [0.25, 0.3) is 5.91 Å². The molecule has 3 N–H and O–H groups in total. The molecule has 2 aromatic carbocycles. The number of rotatable bonds is 10. The molecular weight excluding hydrogens is 416 g/mol. The molecule has 0 saturated heterocycles. The highest BCUT2D eigenvalue weighted by Gasteiger charge is 2.29. The van der Waals surface area contributed by atoms with Gasteiger partial charge >= 0.3 is 0 Å². The van der Waals surface area contributed by atoms with Gasteiger partial charge < -0.3 is 20.7 Å². The van der Waals surface area contributed by atoms with E-state index in [0.717, 1.165) is 37.1 Å². The molecule has 2 amide bonds. The molecule has 7 nitrogen and oxygen atoms in total. The molecule has 1 fully saturated rings. The average Bonchev–Trinajstić information content (AvgIpc) is 2.87. The van der Waals surface area contributed by atoms with Crippen molar-refractivity contribution in [2.24, 2.45) is 11.8 Å². The number of hydrogen-bond donors (Lipinski definition) is 3. The Morgan fingerprint density at radius 2 is 1.82 bits per heavy atom. The molecule has 0 bridgehead atoms. The number of nitriles is 1. The highest BCUT2D eigenvalue weighted by atomic mass is 16.5. The van der Waals surface area contributed by atoms with Crippen LogP contribution in [0.25, 0.3) is 0 Å². The molecule has 1 saturated carbocycles. The summed E-state index contributed by atoms with van der Waals surface area (Å²) in [6, 6.07) is 16.3. The van der Waals surface area contributed by atoms with Gasteiger partial charge in [-0.15, -0.1) is 0 Å². The van der Waals surface area contributed by atoms with Crippen LogP contribution in [0.2, 0.25) is 0 Å². The van der Waals surface area contributed by atoms with Crippen LogP contribution in [0.15, 0.2) is 48.5 Å². The van der Waals surface area contributed by atoms with Crippen molar-refractivity contribution in [2.45, 2.75) is 32.1 Å². The Hall–Kier alpha value is -3.53. The second kappa shape index (κ2) is 12.5. The third-order valence-electron chi connectivity index (χ3n) is 6.14. The van der Waals surface area contributed by atoms with Gasteiger partial charge in [-0.1, -0.05) is 25.3 Å². The first-order valence-electron chi connectivity index (χ1n) is 11.5. The van der Waals surface area contributed by atoms with Crippen LogP contribution in [0.4, 0.5) is 5.69 Å². The van der Waals surface area contributed by atoms with Crippen molar-refractivity contribution in [3.05, 3.63) is 59.7 Å². The summed E-state index contributed by atoms with van der Waals surface area (Å²) in [5.74, 6) is 0.505. The van der Waals surface area contributed by atoms with Crippen LogP contribution in [-0.2, 0) is 4.79 Å². The summed E-state index contributed by atoms with van der Waals surface area (Å²) >= 11 is 0. The fourth-order valence-electron chi connectivity index (χ4n) is 4.28. The van der Waals surface area contributed by atoms with Crippen LogP contribution in [0.3, 0.4) is 0 Å². The second-order valence-corrected chi connectivity index (χ2v) is 8.35. The first-order valence-corrected chi connectivity index (χ1v) is 11.5. The summed E-state index contributed by atoms with van der Waals surface area (Å²) in [7, 11) is 1.63. The average molecular weight is 449 g/mol. The van der Waals surface area contributed by atoms with Gasteiger partial charge in [-0.25, -0.2) is 0 Å². The zero-order valence-electron chi connectivity index (χ0n) is 19.1. The van der Waals surface area contributed by atoms with Crippen molar-refractivity contribution >= 4 is 17.5 Å². The molecule has 0 aliphatic heterocycles. The minimum Gasteiger partial charge on any atom is -0.497 e. The van der Waals surface area contributed by atoms with Crippen LogP contribution < -0.4 is 20.7 Å². The molecule has 1 unspecified atom stereocenters. The SMILES string of the molecule is COc1ccc(NCCNC(=O)C(CNC(=O)c2cccc(C#N)c2)C2CCCCC2)cc1. The van der Waals surface area contributed by atoms with Crippen molar-refractivity contribution in [1.29, 1.82) is 5.26 Å². The molecule has 0 radical (unpaired) electrons. The number of anilines is 1. The minimum absolute atomic E-state index is 0.0236. The topological polar surface area (TPSA) is 103 Å². The summed E-state index contributed by atoms with van der Waals surface area (Å²) in [4.78, 5) is 25.7. The van der Waals surface area contributed by atoms with E-state index in [1.165, 1.54) is 6.42 Å². The monoisotopic (exact) mass is 448 g/mol. The molecule has 7 heteroatoms. The van der Waals surface area contributed by atoms with Crippen molar-refractivity contribution in [1.82, 2.24) is 10.6 Å². The third-order valence-corrected chi connectivity index (χ3v) is 6.14. The van der Waals surface area contributed by atoms with Crippen LogP contribution in [0.1, 0.15) is 48.0 Å². The van der Waals surface area contributed by atoms with Gasteiger partial charge in [0.2, 0.25) is 5.91 Å². The molecule has 0 heterocycles. The van der Waals surface area contributed by atoms with Crippen LogP contribution in [0.5, 0.6) is 5.75 Å². The lowest BCUT2D eigenvalue weighted by atomic mass is 9.79. The van der Waals surface area contributed by atoms with E-state index in [-0.39, 0.29) is 30.2 Å². The van der Waals surface area contributed by atoms with E-state index in [1.54, 1.807) is 31.4 Å². The Bertz CT molecular complexity index is 962. The number of amides is 2. The predicted molar refractivity (Wildman–Crippen MR) is 128 cm³/mol. The van der Waals surface area contributed by atoms with E-state index >= 15 is 0 Å². The lowest BCUT2D eigenvalue weighted by Crippen LogP contribution is -2.44. The number of ether oxygens (including phenoxy) is 1. The first kappa shape index (κ1) is 24.1. The predicted octanol–water partition coefficient (Wildman–Crippen LogP) is 3.72. The lowest BCUT2D eigenvalue weighted by molar-refractivity contribution is -0.126. The van der Waals surface area contributed by atoms with Gasteiger partial charge in [0.1, 0.15) is 5.75 Å². The molecule has 2 aromatic rings. The van der Waals surface area contributed by atoms with Crippen molar-refractivity contribution in [3.8, 4) is 11.8 Å². The van der Waals surface area contributed by atoms with E-state index in [0.29, 0.717) is 24.2 Å². The minimum atomic E-state index is -0.269. The summed E-state index contributed by atoms with van der Waals surface area (Å²) in [6.45, 7) is 1.38. The van der Waals surface area contributed by atoms with Gasteiger partial charge in [0.15, 0.2) is 0 Å². The number of nitrogens with one attached hydrogen (secondary N) is 3. The Kier molecular flexibility index (Phi) is 9.13. The maximum Gasteiger partial charge on any atom is 0.251 e. The van der Waals surface area contributed by atoms with Gasteiger partial charge in [0.05, 0.1) is 24.7 Å². The molecule has 1 atom stereocenters. The quantitative estimate of drug-likeness (QED) is 0.481. The number of carbonyl (C=O) groups excluding carboxylic acids is 2. The second-order valence-electron chi connectivity index (χ2n) is 8.35. The summed E-state index contributed by atoms with van der Waals surface area (Å²) in [5.41, 5.74) is 1.83. The van der Waals surface area contributed by atoms with Gasteiger partial charge in [-0.05, 0) is 61.2 Å². The van der Waals surface area contributed by atoms with Crippen molar-refractivity contribution in [3.63, 3.8) is 0 Å². The molecule has 33 heavy (non-hydrogen) atoms. The van der Waals surface area contributed by atoms with E-state index < -0.39 is 0 Å². The maximum absolute atomic E-state index is 13.0. The van der Waals surface area contributed by atoms with Crippen molar-refractivity contribution < 1.29 is 14.3 Å². The first-order chi connectivity index (χ1) is 16.1. The number of hydrogen-bond acceptors (Lipinski definition) is 5. The zero-order valence-corrected chi connectivity index (χ0v) is 19.1. The Morgan fingerprint density at radius 3 is 2.52 bits per heavy atom. The largest absolute Gasteiger partial charge is 0.497 e. The Balaban J connectivity index is 1.53. The van der Waals surface area contributed by atoms with E-state index in [1.807, 2.05) is 30.3 Å². The highest BCUT2D eigenvalue weighted by molar-refractivity contribution is 5.94. The Labute approximate surface area is 195 Å². The summed E-state index contributed by atoms with van der Waals surface area (Å²) in [5, 5.41) is 18.3. The molecular formula is C26H32N4O3. The van der Waals surface area contributed by atoms with E-state index in [2.05, 4.69) is 16.0 Å². The van der Waals surface area contributed by atoms with Gasteiger partial charge in [0, 0.05) is 30.9 Å². The molecule has 3 rings (SSSR count). The number of nitrogens with zero attached hydrogens (tertiary/aromatic N) is 1.